The number of carbonyl (C=O) groups excluding carboxylic acids is 1. The Balaban J connectivity index is 3.05. The Morgan fingerprint density at radius 1 is 1.50 bits per heavy atom. The lowest BCUT2D eigenvalue weighted by atomic mass is 10.2. The first-order valence-electron chi connectivity index (χ1n) is 3.08. The highest BCUT2D eigenvalue weighted by molar-refractivity contribution is 14.1. The van der Waals surface area contributed by atoms with Gasteiger partial charge in [0.2, 0.25) is 0 Å². The lowest BCUT2D eigenvalue weighted by Crippen LogP contribution is -2.18. The van der Waals surface area contributed by atoms with E-state index in [4.69, 9.17) is 5.21 Å². The summed E-state index contributed by atoms with van der Waals surface area (Å²) in [6, 6.07) is 4.38. The molecule has 0 fully saturated rings. The number of halogens is 1. The second-order valence-corrected chi connectivity index (χ2v) is 3.27. The number of hydrogen-bond donors (Lipinski definition) is 3. The number of nitrogens with one attached hydrogen (secondary N) is 1. The number of hydrogen-bond acceptors (Lipinski definition) is 3. The van der Waals surface area contributed by atoms with Crippen LogP contribution in [0.25, 0.3) is 0 Å². The summed E-state index contributed by atoms with van der Waals surface area (Å²) in [5, 5.41) is 17.4. The molecule has 3 N–H and O–H groups in total. The standard InChI is InChI=1S/C7H6INO3/c8-5-2-1-4(3-6(5)10)7(11)9-12/h1-3,10,12H,(H,9,11). The minimum atomic E-state index is -0.637. The largest absolute Gasteiger partial charge is 0.507 e. The average molecular weight is 279 g/mol. The van der Waals surface area contributed by atoms with Crippen molar-refractivity contribution in [2.24, 2.45) is 0 Å². The molecule has 64 valence electrons. The van der Waals surface area contributed by atoms with Crippen LogP contribution in [0.15, 0.2) is 18.2 Å². The molecule has 0 aliphatic carbocycles. The molecule has 0 saturated carbocycles. The van der Waals surface area contributed by atoms with Crippen LogP contribution < -0.4 is 5.48 Å². The molecule has 0 aromatic heterocycles. The van der Waals surface area contributed by atoms with Crippen molar-refractivity contribution in [3.63, 3.8) is 0 Å². The Bertz CT molecular complexity index is 314. The zero-order valence-electron chi connectivity index (χ0n) is 5.91. The summed E-state index contributed by atoms with van der Waals surface area (Å²) in [7, 11) is 0. The topological polar surface area (TPSA) is 69.6 Å². The van der Waals surface area contributed by atoms with Crippen molar-refractivity contribution in [3.05, 3.63) is 27.3 Å². The number of rotatable bonds is 1. The van der Waals surface area contributed by atoms with Crippen LogP contribution in [0, 0.1) is 3.57 Å². The normalized spacial score (nSPS) is 9.50. The monoisotopic (exact) mass is 279 g/mol. The lowest BCUT2D eigenvalue weighted by molar-refractivity contribution is 0.0706. The second kappa shape index (κ2) is 3.72. The van der Waals surface area contributed by atoms with E-state index in [1.165, 1.54) is 17.6 Å². The lowest BCUT2D eigenvalue weighted by Gasteiger charge is -2.00. The maximum absolute atomic E-state index is 10.8. The minimum absolute atomic E-state index is 0.0247. The van der Waals surface area contributed by atoms with Crippen LogP contribution in [0.2, 0.25) is 0 Å². The Morgan fingerprint density at radius 2 is 2.17 bits per heavy atom. The molecule has 0 spiro atoms. The number of hydroxylamine groups is 1. The first-order valence-corrected chi connectivity index (χ1v) is 4.16. The minimum Gasteiger partial charge on any atom is -0.507 e. The SMILES string of the molecule is O=C(NO)c1ccc(I)c(O)c1. The van der Waals surface area contributed by atoms with E-state index in [0.29, 0.717) is 3.57 Å². The summed E-state index contributed by atoms with van der Waals surface area (Å²) >= 11 is 1.93. The first kappa shape index (κ1) is 9.27. The van der Waals surface area contributed by atoms with Gasteiger partial charge in [-0.1, -0.05) is 0 Å². The van der Waals surface area contributed by atoms with E-state index in [1.54, 1.807) is 6.07 Å². The predicted octanol–water partition coefficient (Wildman–Crippen LogP) is 1.12. The fourth-order valence-corrected chi connectivity index (χ4v) is 1.05. The van der Waals surface area contributed by atoms with Gasteiger partial charge in [0.15, 0.2) is 0 Å². The molecule has 0 aliphatic heterocycles. The van der Waals surface area contributed by atoms with Crippen LogP contribution in [0.5, 0.6) is 5.75 Å². The molecule has 4 nitrogen and oxygen atoms in total. The molecule has 1 amide bonds. The van der Waals surface area contributed by atoms with Gasteiger partial charge in [-0.15, -0.1) is 0 Å². The van der Waals surface area contributed by atoms with Gasteiger partial charge in [0.1, 0.15) is 5.75 Å². The van der Waals surface area contributed by atoms with E-state index in [9.17, 15) is 9.90 Å². The summed E-state index contributed by atoms with van der Waals surface area (Å²) < 4.78 is 0.655. The second-order valence-electron chi connectivity index (χ2n) is 2.11. The molecule has 0 aliphatic rings. The Morgan fingerprint density at radius 3 is 2.67 bits per heavy atom. The quantitative estimate of drug-likeness (QED) is 0.410. The molecular formula is C7H6INO3. The number of phenols is 1. The number of carbonyl (C=O) groups is 1. The molecule has 0 unspecified atom stereocenters. The molecule has 0 atom stereocenters. The van der Waals surface area contributed by atoms with Crippen LogP contribution in [-0.2, 0) is 0 Å². The van der Waals surface area contributed by atoms with Gasteiger partial charge in [0, 0.05) is 5.56 Å². The van der Waals surface area contributed by atoms with E-state index < -0.39 is 5.91 Å². The van der Waals surface area contributed by atoms with E-state index in [-0.39, 0.29) is 11.3 Å². The molecule has 0 saturated heterocycles. The smallest absolute Gasteiger partial charge is 0.274 e. The Hall–Kier alpha value is -0.820. The average Bonchev–Trinajstić information content (AvgIpc) is 2.08. The highest BCUT2D eigenvalue weighted by Gasteiger charge is 2.05. The number of amides is 1. The third-order valence-electron chi connectivity index (χ3n) is 1.31. The first-order chi connectivity index (χ1) is 5.65. The van der Waals surface area contributed by atoms with Gasteiger partial charge in [0.05, 0.1) is 3.57 Å². The summed E-state index contributed by atoms with van der Waals surface area (Å²) in [6.45, 7) is 0. The van der Waals surface area contributed by atoms with Crippen LogP contribution in [0.1, 0.15) is 10.4 Å². The van der Waals surface area contributed by atoms with E-state index in [1.807, 2.05) is 22.6 Å². The third-order valence-corrected chi connectivity index (χ3v) is 2.22. The molecule has 0 radical (unpaired) electrons. The van der Waals surface area contributed by atoms with Gasteiger partial charge < -0.3 is 5.11 Å². The van der Waals surface area contributed by atoms with Gasteiger partial charge >= 0.3 is 0 Å². The van der Waals surface area contributed by atoms with Crippen molar-refractivity contribution in [2.75, 3.05) is 0 Å². The van der Waals surface area contributed by atoms with Crippen LogP contribution in [0.3, 0.4) is 0 Å². The van der Waals surface area contributed by atoms with Crippen LogP contribution in [-0.4, -0.2) is 16.2 Å². The highest BCUT2D eigenvalue weighted by Crippen LogP contribution is 2.20. The number of phenolic OH excluding ortho intramolecular Hbond substituents is 1. The summed E-state index contributed by atoms with van der Waals surface area (Å²) in [5.74, 6) is -0.613. The van der Waals surface area contributed by atoms with Gasteiger partial charge in [-0.05, 0) is 40.8 Å². The van der Waals surface area contributed by atoms with E-state index >= 15 is 0 Å². The molecule has 12 heavy (non-hydrogen) atoms. The van der Waals surface area contributed by atoms with Crippen molar-refractivity contribution in [1.82, 2.24) is 5.48 Å². The van der Waals surface area contributed by atoms with E-state index in [2.05, 4.69) is 0 Å². The predicted molar refractivity (Wildman–Crippen MR) is 50.1 cm³/mol. The van der Waals surface area contributed by atoms with Gasteiger partial charge in [0.25, 0.3) is 5.91 Å². The van der Waals surface area contributed by atoms with Crippen molar-refractivity contribution in [2.45, 2.75) is 0 Å². The number of benzene rings is 1. The van der Waals surface area contributed by atoms with Gasteiger partial charge in [-0.2, -0.15) is 0 Å². The van der Waals surface area contributed by atoms with E-state index in [0.717, 1.165) is 0 Å². The molecule has 0 heterocycles. The molecule has 5 heteroatoms. The zero-order chi connectivity index (χ0) is 9.14. The zero-order valence-corrected chi connectivity index (χ0v) is 8.07. The molecule has 1 aromatic rings. The van der Waals surface area contributed by atoms with Crippen LogP contribution >= 0.6 is 22.6 Å². The Labute approximate surface area is 82.3 Å². The maximum Gasteiger partial charge on any atom is 0.274 e. The molecule has 0 bridgehead atoms. The van der Waals surface area contributed by atoms with Crippen molar-refractivity contribution in [1.29, 1.82) is 0 Å². The maximum atomic E-state index is 10.8. The molecule has 1 rings (SSSR count). The Kier molecular flexibility index (Phi) is 2.88. The highest BCUT2D eigenvalue weighted by atomic mass is 127. The summed E-state index contributed by atoms with van der Waals surface area (Å²) in [6.07, 6.45) is 0. The fourth-order valence-electron chi connectivity index (χ4n) is 0.718. The number of aromatic hydroxyl groups is 1. The van der Waals surface area contributed by atoms with Gasteiger partial charge in [-0.3, -0.25) is 10.0 Å². The van der Waals surface area contributed by atoms with Crippen molar-refractivity contribution >= 4 is 28.5 Å². The third kappa shape index (κ3) is 1.86. The van der Waals surface area contributed by atoms with Crippen molar-refractivity contribution in [3.8, 4) is 5.75 Å². The fraction of sp³-hybridized carbons (Fsp3) is 0. The summed E-state index contributed by atoms with van der Waals surface area (Å²) in [4.78, 5) is 10.8. The van der Waals surface area contributed by atoms with Crippen LogP contribution in [0.4, 0.5) is 0 Å². The van der Waals surface area contributed by atoms with Crippen molar-refractivity contribution < 1.29 is 15.1 Å². The summed E-state index contributed by atoms with van der Waals surface area (Å²) in [5.41, 5.74) is 1.69. The molecular weight excluding hydrogens is 273 g/mol. The van der Waals surface area contributed by atoms with Gasteiger partial charge in [-0.25, -0.2) is 5.48 Å². The molecule has 1 aromatic carbocycles.